The lowest BCUT2D eigenvalue weighted by Crippen LogP contribution is -2.38. The number of aliphatic carboxylic acids is 1. The van der Waals surface area contributed by atoms with Crippen molar-refractivity contribution >= 4 is 11.7 Å². The van der Waals surface area contributed by atoms with Gasteiger partial charge in [-0.1, -0.05) is 24.3 Å². The molecule has 0 saturated heterocycles. The Morgan fingerprint density at radius 3 is 2.95 bits per heavy atom. The zero-order valence-electron chi connectivity index (χ0n) is 11.7. The molecular formula is C16H16N2O3. The van der Waals surface area contributed by atoms with E-state index < -0.39 is 12.0 Å². The smallest absolute Gasteiger partial charge is 0.326 e. The van der Waals surface area contributed by atoms with E-state index in [9.17, 15) is 9.90 Å². The van der Waals surface area contributed by atoms with Crippen LogP contribution in [0.4, 0.5) is 5.69 Å². The molecule has 0 aliphatic carbocycles. The van der Waals surface area contributed by atoms with Gasteiger partial charge >= 0.3 is 5.97 Å². The molecule has 0 spiro atoms. The van der Waals surface area contributed by atoms with Gasteiger partial charge in [0.05, 0.1) is 7.11 Å². The van der Waals surface area contributed by atoms with Gasteiger partial charge in [0.2, 0.25) is 5.88 Å². The van der Waals surface area contributed by atoms with Crippen molar-refractivity contribution < 1.29 is 14.6 Å². The number of methoxy groups -OCH3 is 1. The van der Waals surface area contributed by atoms with Crippen LogP contribution in [0.25, 0.3) is 0 Å². The maximum Gasteiger partial charge on any atom is 0.326 e. The third kappa shape index (κ3) is 2.42. The number of para-hydroxylation sites is 1. The number of anilines is 1. The van der Waals surface area contributed by atoms with Gasteiger partial charge in [0, 0.05) is 30.4 Å². The Morgan fingerprint density at radius 1 is 1.38 bits per heavy atom. The summed E-state index contributed by atoms with van der Waals surface area (Å²) in [6.45, 7) is 0.463. The molecule has 1 unspecified atom stereocenters. The van der Waals surface area contributed by atoms with Crippen molar-refractivity contribution in [2.45, 2.75) is 19.0 Å². The minimum atomic E-state index is -0.811. The normalized spacial score (nSPS) is 16.6. The maximum absolute atomic E-state index is 11.5. The average molecular weight is 284 g/mol. The molecule has 1 aromatic heterocycles. The minimum Gasteiger partial charge on any atom is -0.481 e. The first-order valence-corrected chi connectivity index (χ1v) is 6.76. The third-order valence-corrected chi connectivity index (χ3v) is 3.76. The van der Waals surface area contributed by atoms with Gasteiger partial charge < -0.3 is 14.7 Å². The summed E-state index contributed by atoms with van der Waals surface area (Å²) >= 11 is 0. The molecule has 1 N–H and O–H groups in total. The quantitative estimate of drug-likeness (QED) is 0.931. The van der Waals surface area contributed by atoms with Crippen LogP contribution in [0.15, 0.2) is 42.6 Å². The van der Waals surface area contributed by atoms with E-state index in [1.165, 1.54) is 0 Å². The highest BCUT2D eigenvalue weighted by atomic mass is 16.5. The molecule has 0 fully saturated rings. The topological polar surface area (TPSA) is 62.7 Å². The highest BCUT2D eigenvalue weighted by Crippen LogP contribution is 2.34. The third-order valence-electron chi connectivity index (χ3n) is 3.76. The summed E-state index contributed by atoms with van der Waals surface area (Å²) < 4.78 is 5.25. The van der Waals surface area contributed by atoms with Crippen LogP contribution in [0, 0.1) is 0 Å². The van der Waals surface area contributed by atoms with Gasteiger partial charge in [-0.25, -0.2) is 9.78 Å². The largest absolute Gasteiger partial charge is 0.481 e. The zero-order valence-corrected chi connectivity index (χ0v) is 11.7. The van der Waals surface area contributed by atoms with E-state index in [0.717, 1.165) is 16.8 Å². The maximum atomic E-state index is 11.5. The molecule has 2 aromatic rings. The average Bonchev–Trinajstić information content (AvgIpc) is 2.87. The molecule has 3 rings (SSSR count). The van der Waals surface area contributed by atoms with E-state index in [1.54, 1.807) is 13.3 Å². The molecule has 108 valence electrons. The molecule has 1 aliphatic heterocycles. The fourth-order valence-corrected chi connectivity index (χ4v) is 2.78. The molecule has 0 radical (unpaired) electrons. The van der Waals surface area contributed by atoms with Crippen molar-refractivity contribution in [1.82, 2.24) is 4.98 Å². The monoisotopic (exact) mass is 284 g/mol. The number of hydrogen-bond donors (Lipinski definition) is 1. The Bertz CT molecular complexity index is 672. The zero-order chi connectivity index (χ0) is 14.8. The molecule has 0 amide bonds. The molecule has 0 saturated carbocycles. The summed E-state index contributed by atoms with van der Waals surface area (Å²) in [4.78, 5) is 17.6. The number of benzene rings is 1. The Morgan fingerprint density at radius 2 is 2.19 bits per heavy atom. The summed E-state index contributed by atoms with van der Waals surface area (Å²) in [5.41, 5.74) is 2.91. The molecular weight excluding hydrogens is 268 g/mol. The minimum absolute atomic E-state index is 0.463. The van der Waals surface area contributed by atoms with Crippen molar-refractivity contribution in [2.24, 2.45) is 0 Å². The van der Waals surface area contributed by atoms with Crippen LogP contribution < -0.4 is 9.64 Å². The van der Waals surface area contributed by atoms with Gasteiger partial charge in [0.1, 0.15) is 6.04 Å². The molecule has 0 bridgehead atoms. The number of ether oxygens (including phenoxy) is 1. The highest BCUT2D eigenvalue weighted by Gasteiger charge is 2.34. The number of nitrogens with zero attached hydrogens (tertiary/aromatic N) is 2. The van der Waals surface area contributed by atoms with Gasteiger partial charge in [-0.15, -0.1) is 0 Å². The lowest BCUT2D eigenvalue weighted by atomic mass is 10.1. The first-order chi connectivity index (χ1) is 10.2. The summed E-state index contributed by atoms with van der Waals surface area (Å²) in [5, 5.41) is 9.47. The van der Waals surface area contributed by atoms with E-state index >= 15 is 0 Å². The van der Waals surface area contributed by atoms with Crippen LogP contribution >= 0.6 is 0 Å². The van der Waals surface area contributed by atoms with Gasteiger partial charge in [-0.3, -0.25) is 0 Å². The van der Waals surface area contributed by atoms with E-state index in [4.69, 9.17) is 4.74 Å². The van der Waals surface area contributed by atoms with Crippen molar-refractivity contribution in [3.63, 3.8) is 0 Å². The summed E-state index contributed by atoms with van der Waals surface area (Å²) in [5.74, 6) is -0.278. The molecule has 1 aromatic carbocycles. The number of fused-ring (bicyclic) bond motifs is 1. The van der Waals surface area contributed by atoms with Crippen molar-refractivity contribution in [3.8, 4) is 5.88 Å². The number of carboxylic acids is 1. The second-order valence-electron chi connectivity index (χ2n) is 4.99. The number of pyridine rings is 1. The van der Waals surface area contributed by atoms with Gasteiger partial charge in [-0.2, -0.15) is 0 Å². The highest BCUT2D eigenvalue weighted by molar-refractivity contribution is 5.82. The van der Waals surface area contributed by atoms with Crippen LogP contribution in [-0.2, 0) is 17.8 Å². The van der Waals surface area contributed by atoms with Crippen LogP contribution in [0.1, 0.15) is 11.1 Å². The second-order valence-corrected chi connectivity index (χ2v) is 4.99. The molecule has 2 heterocycles. The Labute approximate surface area is 122 Å². The van der Waals surface area contributed by atoms with E-state index in [1.807, 2.05) is 41.3 Å². The predicted octanol–water partition coefficient (Wildman–Crippen LogP) is 2.11. The Kier molecular flexibility index (Phi) is 3.48. The summed E-state index contributed by atoms with van der Waals surface area (Å²) in [6.07, 6.45) is 2.18. The van der Waals surface area contributed by atoms with Crippen LogP contribution in [0.2, 0.25) is 0 Å². The molecule has 5 nitrogen and oxygen atoms in total. The lowest BCUT2D eigenvalue weighted by molar-refractivity contribution is -0.138. The fraction of sp³-hybridized carbons (Fsp3) is 0.250. The standard InChI is InChI=1S/C16H16N2O3/c1-21-15-12(6-4-8-17-15)10-18-13-7-3-2-5-11(13)9-14(18)16(19)20/h2-8,14H,9-10H2,1H3,(H,19,20). The molecule has 5 heteroatoms. The summed E-state index contributed by atoms with van der Waals surface area (Å²) in [6, 6.07) is 11.0. The molecule has 1 atom stereocenters. The number of carbonyl (C=O) groups is 1. The van der Waals surface area contributed by atoms with E-state index in [-0.39, 0.29) is 0 Å². The lowest BCUT2D eigenvalue weighted by Gasteiger charge is -2.25. The first kappa shape index (κ1) is 13.4. The SMILES string of the molecule is COc1ncccc1CN1c2ccccc2CC1C(=O)O. The number of rotatable bonds is 4. The van der Waals surface area contributed by atoms with Crippen LogP contribution in [-0.4, -0.2) is 29.2 Å². The van der Waals surface area contributed by atoms with Gasteiger partial charge in [0.25, 0.3) is 0 Å². The Balaban J connectivity index is 1.97. The van der Waals surface area contributed by atoms with Gasteiger partial charge in [0.15, 0.2) is 0 Å². The summed E-state index contributed by atoms with van der Waals surface area (Å²) in [7, 11) is 1.57. The molecule has 21 heavy (non-hydrogen) atoms. The fourth-order valence-electron chi connectivity index (χ4n) is 2.78. The van der Waals surface area contributed by atoms with E-state index in [0.29, 0.717) is 18.8 Å². The van der Waals surface area contributed by atoms with Crippen molar-refractivity contribution in [1.29, 1.82) is 0 Å². The Hall–Kier alpha value is -2.56. The molecule has 1 aliphatic rings. The number of hydrogen-bond acceptors (Lipinski definition) is 4. The van der Waals surface area contributed by atoms with Crippen molar-refractivity contribution in [2.75, 3.05) is 12.0 Å². The number of carboxylic acid groups (broad SMARTS) is 1. The van der Waals surface area contributed by atoms with E-state index in [2.05, 4.69) is 4.98 Å². The van der Waals surface area contributed by atoms with Crippen LogP contribution in [0.3, 0.4) is 0 Å². The second kappa shape index (κ2) is 5.44. The van der Waals surface area contributed by atoms with Crippen LogP contribution in [0.5, 0.6) is 5.88 Å². The number of aromatic nitrogens is 1. The van der Waals surface area contributed by atoms with Crippen molar-refractivity contribution in [3.05, 3.63) is 53.7 Å². The van der Waals surface area contributed by atoms with Gasteiger partial charge in [-0.05, 0) is 17.7 Å². The first-order valence-electron chi connectivity index (χ1n) is 6.76. The predicted molar refractivity (Wildman–Crippen MR) is 78.5 cm³/mol.